The molecule has 0 aliphatic carbocycles. The van der Waals surface area contributed by atoms with Crippen LogP contribution in [-0.2, 0) is 10.2 Å². The van der Waals surface area contributed by atoms with Crippen molar-refractivity contribution in [2.24, 2.45) is 0 Å². The van der Waals surface area contributed by atoms with Crippen LogP contribution in [0.4, 0.5) is 5.69 Å². The van der Waals surface area contributed by atoms with Crippen molar-refractivity contribution in [1.82, 2.24) is 4.90 Å². The van der Waals surface area contributed by atoms with Gasteiger partial charge >= 0.3 is 0 Å². The summed E-state index contributed by atoms with van der Waals surface area (Å²) < 4.78 is 11.1. The predicted octanol–water partition coefficient (Wildman–Crippen LogP) is 2.58. The molecule has 2 aliphatic rings. The van der Waals surface area contributed by atoms with Crippen molar-refractivity contribution in [2.45, 2.75) is 44.6 Å². The van der Waals surface area contributed by atoms with Gasteiger partial charge in [-0.2, -0.15) is 0 Å². The third-order valence-corrected chi connectivity index (χ3v) is 7.58. The molecule has 1 unspecified atom stereocenters. The van der Waals surface area contributed by atoms with Gasteiger partial charge in [-0.05, 0) is 36.4 Å². The first kappa shape index (κ1) is 16.8. The minimum Gasteiger partial charge on any atom is -0.468 e. The van der Waals surface area contributed by atoms with Gasteiger partial charge in [0.15, 0.2) is 6.79 Å². The summed E-state index contributed by atoms with van der Waals surface area (Å²) in [5.41, 5.74) is 3.00. The van der Waals surface area contributed by atoms with Gasteiger partial charge in [0.05, 0.1) is 14.2 Å². The SMILES string of the molecule is COCOc1cc2c(cc1[Si](C)(C)C)N(C)C1N(C)CC[C@@]21C. The molecule has 0 amide bonds. The second kappa shape index (κ2) is 5.50. The minimum absolute atomic E-state index is 0.183. The average Bonchev–Trinajstić information content (AvgIpc) is 2.89. The van der Waals surface area contributed by atoms with E-state index in [1.165, 1.54) is 22.9 Å². The molecule has 0 N–H and O–H groups in total. The van der Waals surface area contributed by atoms with Crippen LogP contribution < -0.4 is 14.8 Å². The van der Waals surface area contributed by atoms with Crippen molar-refractivity contribution in [1.29, 1.82) is 0 Å². The first-order valence-electron chi connectivity index (χ1n) is 8.44. The Kier molecular flexibility index (Phi) is 4.02. The van der Waals surface area contributed by atoms with Crippen molar-refractivity contribution in [3.8, 4) is 5.75 Å². The van der Waals surface area contributed by atoms with Gasteiger partial charge in [-0.3, -0.25) is 4.90 Å². The number of anilines is 1. The highest BCUT2D eigenvalue weighted by molar-refractivity contribution is 6.89. The number of fused-ring (bicyclic) bond motifs is 3. The number of likely N-dealkylation sites (N-methyl/N-ethyl adjacent to an activating group) is 2. The van der Waals surface area contributed by atoms with Gasteiger partial charge in [0.2, 0.25) is 0 Å². The van der Waals surface area contributed by atoms with E-state index in [4.69, 9.17) is 9.47 Å². The van der Waals surface area contributed by atoms with E-state index in [0.29, 0.717) is 13.0 Å². The van der Waals surface area contributed by atoms with E-state index in [9.17, 15) is 0 Å². The Morgan fingerprint density at radius 3 is 2.57 bits per heavy atom. The van der Waals surface area contributed by atoms with Crippen LogP contribution in [0.25, 0.3) is 0 Å². The molecule has 1 saturated heterocycles. The van der Waals surface area contributed by atoms with E-state index in [-0.39, 0.29) is 5.41 Å². The lowest BCUT2D eigenvalue weighted by Crippen LogP contribution is -2.45. The second-order valence-corrected chi connectivity index (χ2v) is 13.3. The Morgan fingerprint density at radius 2 is 1.96 bits per heavy atom. The maximum absolute atomic E-state index is 5.97. The van der Waals surface area contributed by atoms with E-state index >= 15 is 0 Å². The quantitative estimate of drug-likeness (QED) is 0.624. The standard InChI is InChI=1S/C18H30N2O2Si/c1-18-8-9-19(2)17(18)20(3)14-11-16(23(5,6)7)15(10-13(14)18)22-12-21-4/h10-11,17H,8-9,12H2,1-7H3/t17?,18-/m0/s1. The fourth-order valence-corrected chi connectivity index (χ4v) is 5.87. The molecule has 0 bridgehead atoms. The first-order chi connectivity index (χ1) is 10.7. The lowest BCUT2D eigenvalue weighted by molar-refractivity contribution is 0.0517. The van der Waals surface area contributed by atoms with E-state index in [1.54, 1.807) is 7.11 Å². The van der Waals surface area contributed by atoms with Crippen molar-refractivity contribution >= 4 is 18.9 Å². The van der Waals surface area contributed by atoms with Gasteiger partial charge in [0.25, 0.3) is 0 Å². The molecule has 0 aromatic heterocycles. The summed E-state index contributed by atoms with van der Waals surface area (Å²) in [5, 5.41) is 1.38. The molecule has 23 heavy (non-hydrogen) atoms. The fraction of sp³-hybridized carbons (Fsp3) is 0.667. The van der Waals surface area contributed by atoms with Crippen molar-refractivity contribution in [3.63, 3.8) is 0 Å². The molecule has 3 rings (SSSR count). The highest BCUT2D eigenvalue weighted by atomic mass is 28.3. The van der Waals surface area contributed by atoms with Gasteiger partial charge in [0, 0.05) is 31.8 Å². The van der Waals surface area contributed by atoms with E-state index in [0.717, 1.165) is 12.3 Å². The summed E-state index contributed by atoms with van der Waals surface area (Å²) >= 11 is 0. The minimum atomic E-state index is -1.50. The Bertz CT molecular complexity index is 614. The van der Waals surface area contributed by atoms with Crippen LogP contribution in [0.1, 0.15) is 18.9 Å². The zero-order chi connectivity index (χ0) is 17.0. The molecule has 0 spiro atoms. The molecule has 1 aromatic rings. The number of likely N-dealkylation sites (tertiary alicyclic amines) is 1. The molecular formula is C18H30N2O2Si. The van der Waals surface area contributed by atoms with Crippen LogP contribution in [-0.4, -0.2) is 53.7 Å². The summed E-state index contributed by atoms with van der Waals surface area (Å²) in [6.45, 7) is 11.0. The number of hydrogen-bond donors (Lipinski definition) is 0. The zero-order valence-electron chi connectivity index (χ0n) is 15.6. The largest absolute Gasteiger partial charge is 0.468 e. The molecule has 2 atom stereocenters. The molecule has 2 heterocycles. The summed E-state index contributed by atoms with van der Waals surface area (Å²) in [5.74, 6) is 1.02. The Balaban J connectivity index is 2.14. The topological polar surface area (TPSA) is 24.9 Å². The number of nitrogens with zero attached hydrogens (tertiary/aromatic N) is 2. The van der Waals surface area contributed by atoms with Crippen LogP contribution in [0.5, 0.6) is 5.75 Å². The van der Waals surface area contributed by atoms with Crippen LogP contribution in [0.2, 0.25) is 19.6 Å². The summed E-state index contributed by atoms with van der Waals surface area (Å²) in [4.78, 5) is 4.94. The highest BCUT2D eigenvalue weighted by Crippen LogP contribution is 2.51. The third kappa shape index (κ3) is 2.49. The zero-order valence-corrected chi connectivity index (χ0v) is 16.6. The highest BCUT2D eigenvalue weighted by Gasteiger charge is 2.52. The Hall–Kier alpha value is -1.04. The normalized spacial score (nSPS) is 27.3. The molecule has 1 aromatic carbocycles. The second-order valence-electron chi connectivity index (χ2n) is 8.30. The molecule has 1 fully saturated rings. The molecule has 0 saturated carbocycles. The van der Waals surface area contributed by atoms with Gasteiger partial charge in [-0.15, -0.1) is 0 Å². The first-order valence-corrected chi connectivity index (χ1v) is 11.9. The molecular weight excluding hydrogens is 304 g/mol. The van der Waals surface area contributed by atoms with E-state index in [1.807, 2.05) is 0 Å². The van der Waals surface area contributed by atoms with E-state index < -0.39 is 8.07 Å². The van der Waals surface area contributed by atoms with Crippen molar-refractivity contribution in [2.75, 3.05) is 39.4 Å². The lowest BCUT2D eigenvalue weighted by atomic mass is 9.81. The maximum Gasteiger partial charge on any atom is 0.188 e. The van der Waals surface area contributed by atoms with Crippen LogP contribution in [0.3, 0.4) is 0 Å². The van der Waals surface area contributed by atoms with Gasteiger partial charge < -0.3 is 14.4 Å². The lowest BCUT2D eigenvalue weighted by Gasteiger charge is -2.32. The number of hydrogen-bond acceptors (Lipinski definition) is 4. The fourth-order valence-electron chi connectivity index (χ4n) is 4.42. The Labute approximate surface area is 141 Å². The smallest absolute Gasteiger partial charge is 0.188 e. The number of ether oxygens (including phenoxy) is 2. The molecule has 2 aliphatic heterocycles. The molecule has 4 nitrogen and oxygen atoms in total. The van der Waals surface area contributed by atoms with Crippen molar-refractivity contribution < 1.29 is 9.47 Å². The Morgan fingerprint density at radius 1 is 1.26 bits per heavy atom. The summed E-state index contributed by atoms with van der Waals surface area (Å²) in [6.07, 6.45) is 1.64. The number of rotatable bonds is 4. The van der Waals surface area contributed by atoms with Crippen LogP contribution >= 0.6 is 0 Å². The van der Waals surface area contributed by atoms with Crippen LogP contribution in [0.15, 0.2) is 12.1 Å². The summed E-state index contributed by atoms with van der Waals surface area (Å²) in [6, 6.07) is 4.70. The molecule has 0 radical (unpaired) electrons. The summed E-state index contributed by atoms with van der Waals surface area (Å²) in [7, 11) is 4.65. The maximum atomic E-state index is 5.97. The van der Waals surface area contributed by atoms with Crippen LogP contribution in [0, 0.1) is 0 Å². The van der Waals surface area contributed by atoms with E-state index in [2.05, 4.69) is 62.6 Å². The average molecular weight is 335 g/mol. The van der Waals surface area contributed by atoms with Gasteiger partial charge in [-0.1, -0.05) is 26.6 Å². The number of methoxy groups -OCH3 is 1. The van der Waals surface area contributed by atoms with Crippen molar-refractivity contribution in [3.05, 3.63) is 17.7 Å². The third-order valence-electron chi connectivity index (χ3n) is 5.57. The molecule has 128 valence electrons. The number of benzene rings is 1. The monoisotopic (exact) mass is 334 g/mol. The predicted molar refractivity (Wildman–Crippen MR) is 98.7 cm³/mol. The van der Waals surface area contributed by atoms with Gasteiger partial charge in [-0.25, -0.2) is 0 Å². The molecule has 5 heteroatoms. The van der Waals surface area contributed by atoms with Gasteiger partial charge in [0.1, 0.15) is 5.75 Å².